The molecule has 5 nitrogen and oxygen atoms in total. The van der Waals surface area contributed by atoms with Crippen molar-refractivity contribution in [2.45, 2.75) is 32.7 Å². The number of amides is 1. The molecule has 1 aromatic rings. The molecule has 0 bridgehead atoms. The van der Waals surface area contributed by atoms with Crippen molar-refractivity contribution in [3.05, 3.63) is 24.3 Å². The molecule has 5 heteroatoms. The number of hydrogen-bond donors (Lipinski definition) is 2. The van der Waals surface area contributed by atoms with E-state index in [-0.39, 0.29) is 25.2 Å². The summed E-state index contributed by atoms with van der Waals surface area (Å²) in [6.45, 7) is 4.44. The second kappa shape index (κ2) is 9.20. The Morgan fingerprint density at radius 1 is 1.30 bits per heavy atom. The maximum absolute atomic E-state index is 11.7. The van der Waals surface area contributed by atoms with Gasteiger partial charge in [-0.05, 0) is 38.8 Å². The van der Waals surface area contributed by atoms with E-state index in [0.717, 1.165) is 6.42 Å². The maximum Gasteiger partial charge on any atom is 0.258 e. The van der Waals surface area contributed by atoms with Gasteiger partial charge >= 0.3 is 0 Å². The Balaban J connectivity index is 2.40. The lowest BCUT2D eigenvalue weighted by atomic mass is 10.2. The molecule has 0 aliphatic rings. The summed E-state index contributed by atoms with van der Waals surface area (Å²) in [5.74, 6) is 1.02. The lowest BCUT2D eigenvalue weighted by Crippen LogP contribution is -2.36. The molecule has 0 radical (unpaired) electrons. The van der Waals surface area contributed by atoms with Crippen molar-refractivity contribution in [2.75, 3.05) is 19.8 Å². The largest absolute Gasteiger partial charge is 0.490 e. The van der Waals surface area contributed by atoms with Crippen LogP contribution in [0, 0.1) is 0 Å². The van der Waals surface area contributed by atoms with E-state index in [4.69, 9.17) is 14.6 Å². The molecule has 0 aromatic heterocycles. The minimum atomic E-state index is -0.179. The summed E-state index contributed by atoms with van der Waals surface area (Å²) in [6.07, 6.45) is 1.42. The first-order valence-electron chi connectivity index (χ1n) is 6.92. The molecule has 1 atom stereocenters. The van der Waals surface area contributed by atoms with E-state index >= 15 is 0 Å². The zero-order chi connectivity index (χ0) is 14.8. The predicted molar refractivity (Wildman–Crippen MR) is 77.0 cm³/mol. The summed E-state index contributed by atoms with van der Waals surface area (Å²) in [6, 6.07) is 7.29. The fourth-order valence-corrected chi connectivity index (χ4v) is 1.77. The number of benzene rings is 1. The number of para-hydroxylation sites is 2. The van der Waals surface area contributed by atoms with Crippen LogP contribution < -0.4 is 14.8 Å². The summed E-state index contributed by atoms with van der Waals surface area (Å²) in [4.78, 5) is 11.7. The van der Waals surface area contributed by atoms with Crippen LogP contribution in [0.3, 0.4) is 0 Å². The average Bonchev–Trinajstić information content (AvgIpc) is 2.44. The number of carbonyl (C=O) groups excluding carboxylic acids is 1. The summed E-state index contributed by atoms with van der Waals surface area (Å²) in [5, 5.41) is 11.6. The van der Waals surface area contributed by atoms with Gasteiger partial charge in [0.1, 0.15) is 0 Å². The first-order valence-corrected chi connectivity index (χ1v) is 6.92. The zero-order valence-corrected chi connectivity index (χ0v) is 12.1. The van der Waals surface area contributed by atoms with E-state index in [1.165, 1.54) is 0 Å². The van der Waals surface area contributed by atoms with Gasteiger partial charge in [0, 0.05) is 12.6 Å². The second-order valence-corrected chi connectivity index (χ2v) is 4.50. The predicted octanol–water partition coefficient (Wildman–Crippen LogP) is 1.74. The van der Waals surface area contributed by atoms with E-state index in [1.54, 1.807) is 12.1 Å². The van der Waals surface area contributed by atoms with Crippen LogP contribution in [0.1, 0.15) is 26.7 Å². The minimum absolute atomic E-state index is 0.0281. The third kappa shape index (κ3) is 5.93. The molecule has 0 fully saturated rings. The molecule has 112 valence electrons. The third-order valence-electron chi connectivity index (χ3n) is 2.71. The van der Waals surface area contributed by atoms with Gasteiger partial charge < -0.3 is 19.9 Å². The average molecular weight is 281 g/mol. The molecule has 0 aliphatic carbocycles. The first kappa shape index (κ1) is 16.3. The van der Waals surface area contributed by atoms with E-state index < -0.39 is 0 Å². The lowest BCUT2D eigenvalue weighted by molar-refractivity contribution is -0.123. The highest BCUT2D eigenvalue weighted by atomic mass is 16.5. The summed E-state index contributed by atoms with van der Waals surface area (Å²) in [7, 11) is 0. The quantitative estimate of drug-likeness (QED) is 0.723. The number of aliphatic hydroxyl groups is 1. The Morgan fingerprint density at radius 2 is 1.95 bits per heavy atom. The Bertz CT molecular complexity index is 409. The molecule has 1 rings (SSSR count). The Kier molecular flexibility index (Phi) is 7.50. The minimum Gasteiger partial charge on any atom is -0.490 e. The molecular weight excluding hydrogens is 258 g/mol. The third-order valence-corrected chi connectivity index (χ3v) is 2.71. The van der Waals surface area contributed by atoms with Crippen molar-refractivity contribution < 1.29 is 19.4 Å². The number of aliphatic hydroxyl groups excluding tert-OH is 1. The molecule has 1 aromatic carbocycles. The van der Waals surface area contributed by atoms with Gasteiger partial charge in [-0.3, -0.25) is 4.79 Å². The number of hydrogen-bond acceptors (Lipinski definition) is 4. The second-order valence-electron chi connectivity index (χ2n) is 4.50. The number of carbonyl (C=O) groups is 1. The van der Waals surface area contributed by atoms with Crippen molar-refractivity contribution in [1.29, 1.82) is 0 Å². The zero-order valence-electron chi connectivity index (χ0n) is 12.1. The van der Waals surface area contributed by atoms with E-state index in [1.807, 2.05) is 26.0 Å². The van der Waals surface area contributed by atoms with Gasteiger partial charge in [-0.15, -0.1) is 0 Å². The van der Waals surface area contributed by atoms with Crippen LogP contribution in [0.5, 0.6) is 11.5 Å². The van der Waals surface area contributed by atoms with Crippen molar-refractivity contribution in [3.8, 4) is 11.5 Å². The van der Waals surface area contributed by atoms with Crippen LogP contribution >= 0.6 is 0 Å². The van der Waals surface area contributed by atoms with Gasteiger partial charge in [-0.2, -0.15) is 0 Å². The molecule has 1 amide bonds. The van der Waals surface area contributed by atoms with Gasteiger partial charge in [0.2, 0.25) is 0 Å². The van der Waals surface area contributed by atoms with Crippen LogP contribution in [0.4, 0.5) is 0 Å². The molecule has 0 saturated heterocycles. The summed E-state index contributed by atoms with van der Waals surface area (Å²) in [5.41, 5.74) is 0. The Labute approximate surface area is 119 Å². The van der Waals surface area contributed by atoms with E-state index in [2.05, 4.69) is 5.32 Å². The molecule has 1 unspecified atom stereocenters. The van der Waals surface area contributed by atoms with Crippen LogP contribution in [0.15, 0.2) is 24.3 Å². The molecule has 20 heavy (non-hydrogen) atoms. The van der Waals surface area contributed by atoms with Crippen LogP contribution in [-0.2, 0) is 4.79 Å². The van der Waals surface area contributed by atoms with Crippen molar-refractivity contribution in [3.63, 3.8) is 0 Å². The molecule has 0 spiro atoms. The van der Waals surface area contributed by atoms with Gasteiger partial charge in [0.15, 0.2) is 18.1 Å². The highest BCUT2D eigenvalue weighted by Crippen LogP contribution is 2.26. The summed E-state index contributed by atoms with van der Waals surface area (Å²) < 4.78 is 10.9. The Morgan fingerprint density at radius 3 is 2.55 bits per heavy atom. The monoisotopic (exact) mass is 281 g/mol. The Hall–Kier alpha value is -1.75. The first-order chi connectivity index (χ1) is 9.67. The molecule has 0 saturated carbocycles. The normalized spacial score (nSPS) is 11.8. The fourth-order valence-electron chi connectivity index (χ4n) is 1.77. The molecule has 0 heterocycles. The van der Waals surface area contributed by atoms with Crippen LogP contribution in [0.2, 0.25) is 0 Å². The van der Waals surface area contributed by atoms with Gasteiger partial charge in [-0.1, -0.05) is 12.1 Å². The van der Waals surface area contributed by atoms with Crippen LogP contribution in [0.25, 0.3) is 0 Å². The molecule has 2 N–H and O–H groups in total. The maximum atomic E-state index is 11.7. The fraction of sp³-hybridized carbons (Fsp3) is 0.533. The highest BCUT2D eigenvalue weighted by molar-refractivity contribution is 5.77. The standard InChI is InChI=1S/C15H23NO4/c1-3-19-13-8-4-5-9-14(13)20-11-15(18)16-12(2)7-6-10-17/h4-5,8-9,12,17H,3,6-7,10-11H2,1-2H3,(H,16,18). The highest BCUT2D eigenvalue weighted by Gasteiger charge is 2.09. The van der Waals surface area contributed by atoms with Crippen molar-refractivity contribution in [2.24, 2.45) is 0 Å². The van der Waals surface area contributed by atoms with Gasteiger partial charge in [-0.25, -0.2) is 0 Å². The molecular formula is C15H23NO4. The molecule has 0 aliphatic heterocycles. The van der Waals surface area contributed by atoms with E-state index in [9.17, 15) is 4.79 Å². The van der Waals surface area contributed by atoms with Gasteiger partial charge in [0.05, 0.1) is 6.61 Å². The topological polar surface area (TPSA) is 67.8 Å². The smallest absolute Gasteiger partial charge is 0.258 e. The number of nitrogens with one attached hydrogen (secondary N) is 1. The van der Waals surface area contributed by atoms with Gasteiger partial charge in [0.25, 0.3) is 5.91 Å². The van der Waals surface area contributed by atoms with Crippen molar-refractivity contribution >= 4 is 5.91 Å². The summed E-state index contributed by atoms with van der Waals surface area (Å²) >= 11 is 0. The van der Waals surface area contributed by atoms with E-state index in [0.29, 0.717) is 24.5 Å². The lowest BCUT2D eigenvalue weighted by Gasteiger charge is -2.15. The number of ether oxygens (including phenoxy) is 2. The number of rotatable bonds is 9. The van der Waals surface area contributed by atoms with Crippen molar-refractivity contribution in [1.82, 2.24) is 5.32 Å². The SMILES string of the molecule is CCOc1ccccc1OCC(=O)NC(C)CCCO. The van der Waals surface area contributed by atoms with Crippen LogP contribution in [-0.4, -0.2) is 36.9 Å².